The van der Waals surface area contributed by atoms with Gasteiger partial charge < -0.3 is 10.1 Å². The number of nitrogens with one attached hydrogen (secondary N) is 2. The molecule has 0 spiro atoms. The fourth-order valence-corrected chi connectivity index (χ4v) is 3.06. The van der Waals surface area contributed by atoms with Crippen LogP contribution in [0.15, 0.2) is 48.5 Å². The second-order valence-electron chi connectivity index (χ2n) is 7.79. The molecule has 2 aromatic carbocycles. The topological polar surface area (TPSA) is 67.0 Å². The predicted octanol–water partition coefficient (Wildman–Crippen LogP) is 5.20. The van der Waals surface area contributed by atoms with Crippen molar-refractivity contribution in [3.8, 4) is 17.0 Å². The lowest BCUT2D eigenvalue weighted by molar-refractivity contribution is 0.102. The van der Waals surface area contributed by atoms with Gasteiger partial charge in [-0.15, -0.1) is 0 Å². The summed E-state index contributed by atoms with van der Waals surface area (Å²) in [5, 5.41) is 10.6. The van der Waals surface area contributed by atoms with Crippen LogP contribution in [0.4, 0.5) is 5.69 Å². The Morgan fingerprint density at radius 3 is 2.46 bits per heavy atom. The third-order valence-corrected chi connectivity index (χ3v) is 4.79. The average Bonchev–Trinajstić information content (AvgIpc) is 3.10. The molecule has 0 aliphatic carbocycles. The summed E-state index contributed by atoms with van der Waals surface area (Å²) in [6.07, 6.45) is 0.737. The molecule has 3 aromatic rings. The third-order valence-electron chi connectivity index (χ3n) is 4.79. The monoisotopic (exact) mass is 377 g/mol. The number of nitrogens with zero attached hydrogens (tertiary/aromatic N) is 1. The van der Waals surface area contributed by atoms with E-state index in [0.29, 0.717) is 11.3 Å². The van der Waals surface area contributed by atoms with Gasteiger partial charge in [0.15, 0.2) is 0 Å². The maximum atomic E-state index is 12.8. The molecule has 0 saturated carbocycles. The first kappa shape index (κ1) is 19.7. The minimum Gasteiger partial charge on any atom is -0.497 e. The minimum atomic E-state index is -0.192. The van der Waals surface area contributed by atoms with E-state index in [1.54, 1.807) is 25.3 Å². The van der Waals surface area contributed by atoms with Crippen LogP contribution in [0.2, 0.25) is 0 Å². The number of aromatic amines is 1. The smallest absolute Gasteiger partial charge is 0.255 e. The quantitative estimate of drug-likeness (QED) is 0.642. The molecule has 0 aliphatic heterocycles. The van der Waals surface area contributed by atoms with Gasteiger partial charge in [-0.1, -0.05) is 58.0 Å². The number of anilines is 1. The van der Waals surface area contributed by atoms with Crippen molar-refractivity contribution in [1.29, 1.82) is 0 Å². The maximum absolute atomic E-state index is 12.8. The molecule has 1 heterocycles. The molecule has 0 fully saturated rings. The van der Waals surface area contributed by atoms with E-state index in [-0.39, 0.29) is 11.3 Å². The maximum Gasteiger partial charge on any atom is 0.255 e. The standard InChI is InChI=1S/C23H27N3O2/c1-6-19-21(24-22(27)16-8-7-9-18(14-16)28-5)20(26-25-19)15-10-12-17(13-11-15)23(2,3)4/h7-14H,6H2,1-5H3,(H,24,27)(H,25,26). The molecule has 0 unspecified atom stereocenters. The second-order valence-corrected chi connectivity index (χ2v) is 7.79. The average molecular weight is 377 g/mol. The number of ether oxygens (including phenoxy) is 1. The summed E-state index contributed by atoms with van der Waals surface area (Å²) in [5.41, 5.74) is 5.20. The fourth-order valence-electron chi connectivity index (χ4n) is 3.06. The minimum absolute atomic E-state index is 0.0854. The number of hydrogen-bond acceptors (Lipinski definition) is 3. The Hall–Kier alpha value is -3.08. The van der Waals surface area contributed by atoms with Crippen LogP contribution in [0.3, 0.4) is 0 Å². The number of hydrogen-bond donors (Lipinski definition) is 2. The number of methoxy groups -OCH3 is 1. The highest BCUT2D eigenvalue weighted by Crippen LogP contribution is 2.32. The van der Waals surface area contributed by atoms with Gasteiger partial charge >= 0.3 is 0 Å². The Morgan fingerprint density at radius 2 is 1.86 bits per heavy atom. The second kappa shape index (κ2) is 7.89. The van der Waals surface area contributed by atoms with Gasteiger partial charge in [0.1, 0.15) is 11.4 Å². The zero-order valence-electron chi connectivity index (χ0n) is 17.1. The molecule has 0 aliphatic rings. The Labute approximate surface area is 166 Å². The first-order chi connectivity index (χ1) is 13.3. The molecule has 0 radical (unpaired) electrons. The van der Waals surface area contributed by atoms with Crippen molar-refractivity contribution in [2.75, 3.05) is 12.4 Å². The van der Waals surface area contributed by atoms with E-state index in [4.69, 9.17) is 4.74 Å². The van der Waals surface area contributed by atoms with E-state index in [9.17, 15) is 4.79 Å². The van der Waals surface area contributed by atoms with Gasteiger partial charge in [0.2, 0.25) is 0 Å². The summed E-state index contributed by atoms with van der Waals surface area (Å²) in [7, 11) is 1.58. The van der Waals surface area contributed by atoms with Gasteiger partial charge in [0.25, 0.3) is 5.91 Å². The summed E-state index contributed by atoms with van der Waals surface area (Å²) < 4.78 is 5.22. The van der Waals surface area contributed by atoms with E-state index < -0.39 is 0 Å². The van der Waals surface area contributed by atoms with Crippen molar-refractivity contribution in [3.05, 3.63) is 65.4 Å². The normalized spacial score (nSPS) is 11.3. The van der Waals surface area contributed by atoms with E-state index in [2.05, 4.69) is 60.6 Å². The van der Waals surface area contributed by atoms with Crippen LogP contribution in [-0.2, 0) is 11.8 Å². The Morgan fingerprint density at radius 1 is 1.14 bits per heavy atom. The number of rotatable bonds is 5. The summed E-state index contributed by atoms with van der Waals surface area (Å²) in [6.45, 7) is 8.59. The summed E-state index contributed by atoms with van der Waals surface area (Å²) >= 11 is 0. The van der Waals surface area contributed by atoms with Crippen LogP contribution in [0, 0.1) is 0 Å². The number of carbonyl (C=O) groups excluding carboxylic acids is 1. The summed E-state index contributed by atoms with van der Waals surface area (Å²) in [4.78, 5) is 12.8. The summed E-state index contributed by atoms with van der Waals surface area (Å²) in [5.74, 6) is 0.455. The molecule has 2 N–H and O–H groups in total. The van der Waals surface area contributed by atoms with Crippen LogP contribution >= 0.6 is 0 Å². The van der Waals surface area contributed by atoms with Crippen molar-refractivity contribution in [2.24, 2.45) is 0 Å². The number of aryl methyl sites for hydroxylation is 1. The predicted molar refractivity (Wildman–Crippen MR) is 113 cm³/mol. The van der Waals surface area contributed by atoms with Crippen molar-refractivity contribution in [1.82, 2.24) is 10.2 Å². The number of H-pyrrole nitrogens is 1. The number of benzene rings is 2. The first-order valence-electron chi connectivity index (χ1n) is 9.47. The van der Waals surface area contributed by atoms with Gasteiger partial charge in [-0.2, -0.15) is 5.10 Å². The number of amides is 1. The van der Waals surface area contributed by atoms with Crippen LogP contribution in [-0.4, -0.2) is 23.2 Å². The van der Waals surface area contributed by atoms with Crippen molar-refractivity contribution < 1.29 is 9.53 Å². The number of carbonyl (C=O) groups is 1. The van der Waals surface area contributed by atoms with Crippen LogP contribution < -0.4 is 10.1 Å². The van der Waals surface area contributed by atoms with Crippen LogP contribution in [0.25, 0.3) is 11.3 Å². The lowest BCUT2D eigenvalue weighted by Crippen LogP contribution is -2.13. The van der Waals surface area contributed by atoms with E-state index in [0.717, 1.165) is 29.1 Å². The third kappa shape index (κ3) is 4.09. The Bertz CT molecular complexity index is 966. The van der Waals surface area contributed by atoms with Crippen molar-refractivity contribution >= 4 is 11.6 Å². The Balaban J connectivity index is 1.93. The molecule has 0 bridgehead atoms. The molecular formula is C23H27N3O2. The van der Waals surface area contributed by atoms with E-state index >= 15 is 0 Å². The molecule has 0 saturated heterocycles. The fraction of sp³-hybridized carbons (Fsp3) is 0.304. The summed E-state index contributed by atoms with van der Waals surface area (Å²) in [6, 6.07) is 15.4. The van der Waals surface area contributed by atoms with E-state index in [1.165, 1.54) is 5.56 Å². The van der Waals surface area contributed by atoms with Crippen molar-refractivity contribution in [3.63, 3.8) is 0 Å². The first-order valence-corrected chi connectivity index (χ1v) is 9.47. The largest absolute Gasteiger partial charge is 0.497 e. The number of aromatic nitrogens is 2. The Kier molecular flexibility index (Phi) is 5.54. The van der Waals surface area contributed by atoms with Gasteiger partial charge in [-0.25, -0.2) is 0 Å². The van der Waals surface area contributed by atoms with Gasteiger partial charge in [-0.05, 0) is 35.6 Å². The van der Waals surface area contributed by atoms with E-state index in [1.807, 2.05) is 13.0 Å². The van der Waals surface area contributed by atoms with Crippen molar-refractivity contribution in [2.45, 2.75) is 39.5 Å². The van der Waals surface area contributed by atoms with Gasteiger partial charge in [-0.3, -0.25) is 9.89 Å². The highest BCUT2D eigenvalue weighted by molar-refractivity contribution is 6.06. The molecule has 28 heavy (non-hydrogen) atoms. The molecule has 5 heteroatoms. The zero-order valence-corrected chi connectivity index (χ0v) is 17.1. The molecule has 1 aromatic heterocycles. The molecule has 146 valence electrons. The zero-order chi connectivity index (χ0) is 20.3. The molecule has 0 atom stereocenters. The molecular weight excluding hydrogens is 350 g/mol. The lowest BCUT2D eigenvalue weighted by Gasteiger charge is -2.19. The SMILES string of the molecule is CCc1[nH]nc(-c2ccc(C(C)(C)C)cc2)c1NC(=O)c1cccc(OC)c1. The highest BCUT2D eigenvalue weighted by Gasteiger charge is 2.19. The lowest BCUT2D eigenvalue weighted by atomic mass is 9.86. The highest BCUT2D eigenvalue weighted by atomic mass is 16.5. The molecule has 1 amide bonds. The molecule has 3 rings (SSSR count). The molecule has 5 nitrogen and oxygen atoms in total. The van der Waals surface area contributed by atoms with Gasteiger partial charge in [0, 0.05) is 11.1 Å². The van der Waals surface area contributed by atoms with Crippen LogP contribution in [0.5, 0.6) is 5.75 Å². The van der Waals surface area contributed by atoms with Gasteiger partial charge in [0.05, 0.1) is 18.5 Å². The van der Waals surface area contributed by atoms with Crippen LogP contribution in [0.1, 0.15) is 49.3 Å².